The Balaban J connectivity index is 2.58. The first-order valence-electron chi connectivity index (χ1n) is 2.98. The molecule has 3 nitrogen and oxygen atoms in total. The van der Waals surface area contributed by atoms with Gasteiger partial charge in [0.1, 0.15) is 6.61 Å². The van der Waals surface area contributed by atoms with Crippen molar-refractivity contribution >= 4 is 18.1 Å². The van der Waals surface area contributed by atoms with Crippen LogP contribution in [0.15, 0.2) is 18.3 Å². The first kappa shape index (κ1) is 8.01. The van der Waals surface area contributed by atoms with Crippen LogP contribution in [0.2, 0.25) is 5.02 Å². The number of hydrogen-bond acceptors (Lipinski definition) is 3. The zero-order chi connectivity index (χ0) is 8.10. The lowest BCUT2D eigenvalue weighted by molar-refractivity contribution is -0.129. The van der Waals surface area contributed by atoms with Gasteiger partial charge in [-0.2, -0.15) is 0 Å². The molecule has 0 atom stereocenters. The number of ether oxygens (including phenoxy) is 1. The van der Waals surface area contributed by atoms with Gasteiger partial charge in [-0.05, 0) is 12.1 Å². The Bertz CT molecular complexity index is 235. The quantitative estimate of drug-likeness (QED) is 0.646. The summed E-state index contributed by atoms with van der Waals surface area (Å²) < 4.78 is 4.47. The van der Waals surface area contributed by atoms with E-state index in [1.165, 1.54) is 6.20 Å². The van der Waals surface area contributed by atoms with E-state index in [1.54, 1.807) is 12.1 Å². The molecular formula is C7H6ClNO2. The summed E-state index contributed by atoms with van der Waals surface area (Å²) in [7, 11) is 0. The van der Waals surface area contributed by atoms with Gasteiger partial charge in [0.05, 0.1) is 10.7 Å². The molecule has 1 rings (SSSR count). The molecule has 0 aliphatic heterocycles. The fourth-order valence-electron chi connectivity index (χ4n) is 0.611. The molecule has 11 heavy (non-hydrogen) atoms. The highest BCUT2D eigenvalue weighted by molar-refractivity contribution is 6.30. The Morgan fingerprint density at radius 1 is 1.64 bits per heavy atom. The van der Waals surface area contributed by atoms with Gasteiger partial charge in [-0.25, -0.2) is 0 Å². The second kappa shape index (κ2) is 3.93. The van der Waals surface area contributed by atoms with Gasteiger partial charge in [-0.15, -0.1) is 0 Å². The number of carbonyl (C=O) groups excluding carboxylic acids is 1. The van der Waals surface area contributed by atoms with E-state index >= 15 is 0 Å². The summed E-state index contributed by atoms with van der Waals surface area (Å²) in [4.78, 5) is 13.7. The molecule has 0 spiro atoms. The fraction of sp³-hybridized carbons (Fsp3) is 0.143. The van der Waals surface area contributed by atoms with E-state index in [2.05, 4.69) is 9.72 Å². The van der Waals surface area contributed by atoms with Crippen LogP contribution in [0.1, 0.15) is 5.69 Å². The normalized spacial score (nSPS) is 9.18. The number of halogens is 1. The lowest BCUT2D eigenvalue weighted by atomic mass is 10.4. The molecule has 1 aromatic heterocycles. The van der Waals surface area contributed by atoms with Crippen LogP contribution in [-0.4, -0.2) is 11.5 Å². The maximum atomic E-state index is 9.77. The smallest absolute Gasteiger partial charge is 0.293 e. The van der Waals surface area contributed by atoms with E-state index in [1.807, 2.05) is 0 Å². The fourth-order valence-corrected chi connectivity index (χ4v) is 0.723. The van der Waals surface area contributed by atoms with Crippen LogP contribution in [0.3, 0.4) is 0 Å². The third-order valence-electron chi connectivity index (χ3n) is 1.09. The summed E-state index contributed by atoms with van der Waals surface area (Å²) in [6.07, 6.45) is 1.51. The molecule has 0 aliphatic rings. The molecular weight excluding hydrogens is 166 g/mol. The minimum atomic E-state index is 0.195. The number of aromatic nitrogens is 1. The van der Waals surface area contributed by atoms with E-state index in [9.17, 15) is 4.79 Å². The highest BCUT2D eigenvalue weighted by Gasteiger charge is 1.92. The van der Waals surface area contributed by atoms with Crippen LogP contribution in [0.5, 0.6) is 0 Å². The second-order valence-corrected chi connectivity index (χ2v) is 2.31. The van der Waals surface area contributed by atoms with E-state index in [-0.39, 0.29) is 6.61 Å². The lowest BCUT2D eigenvalue weighted by Crippen LogP contribution is -1.92. The Morgan fingerprint density at radius 3 is 3.00 bits per heavy atom. The van der Waals surface area contributed by atoms with Crippen molar-refractivity contribution in [3.8, 4) is 0 Å². The van der Waals surface area contributed by atoms with Gasteiger partial charge >= 0.3 is 0 Å². The van der Waals surface area contributed by atoms with Gasteiger partial charge in [0, 0.05) is 6.20 Å². The molecule has 0 N–H and O–H groups in total. The van der Waals surface area contributed by atoms with Gasteiger partial charge in [-0.1, -0.05) is 11.6 Å². The van der Waals surface area contributed by atoms with Crippen molar-refractivity contribution in [2.45, 2.75) is 6.61 Å². The Hall–Kier alpha value is -1.09. The Kier molecular flexibility index (Phi) is 2.86. The molecule has 4 heteroatoms. The van der Waals surface area contributed by atoms with Crippen molar-refractivity contribution in [2.24, 2.45) is 0 Å². The molecule has 0 radical (unpaired) electrons. The average Bonchev–Trinajstić information content (AvgIpc) is 2.04. The summed E-state index contributed by atoms with van der Waals surface area (Å²) in [6.45, 7) is 0.580. The zero-order valence-corrected chi connectivity index (χ0v) is 6.41. The molecule has 0 bridgehead atoms. The standard InChI is InChI=1S/C7H6ClNO2/c8-6-1-2-7(9-3-6)4-11-5-10/h1-3,5H,4H2. The van der Waals surface area contributed by atoms with E-state index < -0.39 is 0 Å². The van der Waals surface area contributed by atoms with Gasteiger partial charge in [0.2, 0.25) is 0 Å². The van der Waals surface area contributed by atoms with Crippen molar-refractivity contribution in [3.63, 3.8) is 0 Å². The summed E-state index contributed by atoms with van der Waals surface area (Å²) in [5.41, 5.74) is 0.682. The highest BCUT2D eigenvalue weighted by Crippen LogP contribution is 2.06. The first-order valence-corrected chi connectivity index (χ1v) is 3.36. The van der Waals surface area contributed by atoms with Crippen molar-refractivity contribution in [2.75, 3.05) is 0 Å². The maximum Gasteiger partial charge on any atom is 0.293 e. The minimum Gasteiger partial charge on any atom is -0.461 e. The monoisotopic (exact) mass is 171 g/mol. The number of rotatable bonds is 3. The van der Waals surface area contributed by atoms with Crippen LogP contribution in [0.4, 0.5) is 0 Å². The molecule has 0 saturated carbocycles. The minimum absolute atomic E-state index is 0.195. The van der Waals surface area contributed by atoms with Crippen molar-refractivity contribution in [3.05, 3.63) is 29.0 Å². The van der Waals surface area contributed by atoms with Crippen molar-refractivity contribution in [1.82, 2.24) is 4.98 Å². The predicted octanol–water partition coefficient (Wildman–Crippen LogP) is 1.41. The van der Waals surface area contributed by atoms with Crippen LogP contribution < -0.4 is 0 Å². The molecule has 1 heterocycles. The largest absolute Gasteiger partial charge is 0.461 e. The van der Waals surface area contributed by atoms with Crippen molar-refractivity contribution in [1.29, 1.82) is 0 Å². The number of hydrogen-bond donors (Lipinski definition) is 0. The molecule has 0 fully saturated rings. The molecule has 1 aromatic rings. The Morgan fingerprint density at radius 2 is 2.45 bits per heavy atom. The van der Waals surface area contributed by atoms with E-state index in [4.69, 9.17) is 11.6 Å². The molecule has 0 saturated heterocycles. The molecule has 0 aromatic carbocycles. The van der Waals surface area contributed by atoms with Crippen molar-refractivity contribution < 1.29 is 9.53 Å². The molecule has 0 amide bonds. The number of nitrogens with zero attached hydrogens (tertiary/aromatic N) is 1. The first-order chi connectivity index (χ1) is 5.33. The second-order valence-electron chi connectivity index (χ2n) is 1.87. The lowest BCUT2D eigenvalue weighted by Gasteiger charge is -1.96. The van der Waals surface area contributed by atoms with Gasteiger partial charge in [-0.3, -0.25) is 9.78 Å². The van der Waals surface area contributed by atoms with Gasteiger partial charge in [0.15, 0.2) is 0 Å². The summed E-state index contributed by atoms with van der Waals surface area (Å²) >= 11 is 5.57. The maximum absolute atomic E-state index is 9.77. The van der Waals surface area contributed by atoms with Crippen LogP contribution >= 0.6 is 11.6 Å². The van der Waals surface area contributed by atoms with Crippen LogP contribution in [-0.2, 0) is 16.1 Å². The summed E-state index contributed by atoms with van der Waals surface area (Å²) in [5, 5.41) is 0.569. The third kappa shape index (κ3) is 2.55. The van der Waals surface area contributed by atoms with E-state index in [0.717, 1.165) is 0 Å². The molecule has 58 valence electrons. The molecule has 0 aliphatic carbocycles. The topological polar surface area (TPSA) is 39.2 Å². The average molecular weight is 172 g/mol. The SMILES string of the molecule is O=COCc1ccc(Cl)cn1. The molecule has 0 unspecified atom stereocenters. The predicted molar refractivity (Wildman–Crippen MR) is 40.1 cm³/mol. The van der Waals surface area contributed by atoms with Gasteiger partial charge in [0.25, 0.3) is 6.47 Å². The van der Waals surface area contributed by atoms with E-state index in [0.29, 0.717) is 17.2 Å². The summed E-state index contributed by atoms with van der Waals surface area (Å²) in [5.74, 6) is 0. The highest BCUT2D eigenvalue weighted by atomic mass is 35.5. The van der Waals surface area contributed by atoms with Crippen LogP contribution in [0.25, 0.3) is 0 Å². The summed E-state index contributed by atoms with van der Waals surface area (Å²) in [6, 6.07) is 3.39. The van der Waals surface area contributed by atoms with Crippen LogP contribution in [0, 0.1) is 0 Å². The third-order valence-corrected chi connectivity index (χ3v) is 1.31. The van der Waals surface area contributed by atoms with Gasteiger partial charge < -0.3 is 4.74 Å². The number of carbonyl (C=O) groups is 1. The Labute approximate surface area is 69.0 Å². The number of pyridine rings is 1. The zero-order valence-electron chi connectivity index (χ0n) is 5.66.